The number of pyridine rings is 1. The minimum absolute atomic E-state index is 1.11. The highest BCUT2D eigenvalue weighted by atomic mass is 14.6. The number of nitriles is 1. The van der Waals surface area contributed by atoms with Crippen LogP contribution < -0.4 is 0 Å². The standard InChI is InChI=1S/C7H7N.C3H3N/c1-2-7-3-5-8-6-4-7;1-2-3-4/h2-6H,1H2;2H,1H2. The summed E-state index contributed by atoms with van der Waals surface area (Å²) in [5, 5.41) is 7.51. The molecule has 1 rings (SSSR count). The lowest BCUT2D eigenvalue weighted by Gasteiger charge is -1.84. The van der Waals surface area contributed by atoms with E-state index in [-0.39, 0.29) is 0 Å². The van der Waals surface area contributed by atoms with Crippen LogP contribution in [0.5, 0.6) is 0 Å². The fraction of sp³-hybridized carbons (Fsp3) is 0. The summed E-state index contributed by atoms with van der Waals surface area (Å²) in [4.78, 5) is 3.85. The van der Waals surface area contributed by atoms with Crippen LogP contribution in [0.15, 0.2) is 43.8 Å². The molecule has 12 heavy (non-hydrogen) atoms. The van der Waals surface area contributed by atoms with Crippen LogP contribution in [0, 0.1) is 11.3 Å². The van der Waals surface area contributed by atoms with Crippen molar-refractivity contribution in [3.05, 3.63) is 49.3 Å². The number of hydrogen-bond donors (Lipinski definition) is 0. The molecule has 0 aliphatic carbocycles. The quantitative estimate of drug-likeness (QED) is 0.588. The second-order valence-electron chi connectivity index (χ2n) is 1.82. The van der Waals surface area contributed by atoms with Crippen LogP contribution in [-0.2, 0) is 0 Å². The van der Waals surface area contributed by atoms with Gasteiger partial charge in [-0.25, -0.2) is 0 Å². The van der Waals surface area contributed by atoms with E-state index in [0.717, 1.165) is 5.56 Å². The van der Waals surface area contributed by atoms with Crippen molar-refractivity contribution >= 4 is 6.08 Å². The van der Waals surface area contributed by atoms with Crippen molar-refractivity contribution in [1.82, 2.24) is 4.98 Å². The number of rotatable bonds is 1. The van der Waals surface area contributed by atoms with Crippen molar-refractivity contribution in [2.24, 2.45) is 0 Å². The number of allylic oxidation sites excluding steroid dienone is 1. The first-order valence-electron chi connectivity index (χ1n) is 3.38. The molecular formula is C10H10N2. The molecule has 0 atom stereocenters. The van der Waals surface area contributed by atoms with Crippen molar-refractivity contribution < 1.29 is 0 Å². The fourth-order valence-electron chi connectivity index (χ4n) is 0.500. The highest BCUT2D eigenvalue weighted by molar-refractivity contribution is 5.44. The van der Waals surface area contributed by atoms with Gasteiger partial charge in [0.2, 0.25) is 0 Å². The maximum atomic E-state index is 7.51. The molecule has 1 heterocycles. The van der Waals surface area contributed by atoms with Crippen LogP contribution in [-0.4, -0.2) is 4.98 Å². The predicted molar refractivity (Wildman–Crippen MR) is 50.1 cm³/mol. The molecule has 0 aromatic carbocycles. The first kappa shape index (κ1) is 10.1. The normalized spacial score (nSPS) is 6.92. The van der Waals surface area contributed by atoms with Gasteiger partial charge in [0, 0.05) is 18.5 Å². The molecule has 0 N–H and O–H groups in total. The average Bonchev–Trinajstić information content (AvgIpc) is 2.19. The number of nitrogens with zero attached hydrogens (tertiary/aromatic N) is 2. The summed E-state index contributed by atoms with van der Waals surface area (Å²) in [6, 6.07) is 5.51. The van der Waals surface area contributed by atoms with E-state index in [9.17, 15) is 0 Å². The number of aromatic nitrogens is 1. The Kier molecular flexibility index (Phi) is 6.10. The summed E-state index contributed by atoms with van der Waals surface area (Å²) in [6.07, 6.45) is 6.47. The van der Waals surface area contributed by atoms with Gasteiger partial charge in [-0.15, -0.1) is 0 Å². The summed E-state index contributed by atoms with van der Waals surface area (Å²) >= 11 is 0. The Labute approximate surface area is 72.5 Å². The van der Waals surface area contributed by atoms with Gasteiger partial charge in [0.05, 0.1) is 6.07 Å². The first-order valence-corrected chi connectivity index (χ1v) is 3.38. The van der Waals surface area contributed by atoms with Crippen LogP contribution >= 0.6 is 0 Å². The van der Waals surface area contributed by atoms with E-state index in [1.54, 1.807) is 24.5 Å². The molecule has 0 aliphatic rings. The molecule has 0 saturated heterocycles. The van der Waals surface area contributed by atoms with Gasteiger partial charge in [-0.05, 0) is 17.7 Å². The highest BCUT2D eigenvalue weighted by Crippen LogP contribution is 1.94. The summed E-state index contributed by atoms with van der Waals surface area (Å²) in [6.45, 7) is 6.72. The van der Waals surface area contributed by atoms with Gasteiger partial charge >= 0.3 is 0 Å². The van der Waals surface area contributed by atoms with Crippen molar-refractivity contribution in [3.8, 4) is 6.07 Å². The van der Waals surface area contributed by atoms with Gasteiger partial charge in [0.15, 0.2) is 0 Å². The van der Waals surface area contributed by atoms with Crippen LogP contribution in [0.3, 0.4) is 0 Å². The van der Waals surface area contributed by atoms with Crippen molar-refractivity contribution in [3.63, 3.8) is 0 Å². The summed E-state index contributed by atoms with van der Waals surface area (Å²) in [5.41, 5.74) is 1.11. The molecule has 0 radical (unpaired) electrons. The van der Waals surface area contributed by atoms with E-state index in [1.165, 1.54) is 6.08 Å². The third-order valence-electron chi connectivity index (χ3n) is 1.03. The zero-order valence-corrected chi connectivity index (χ0v) is 6.77. The molecule has 0 bridgehead atoms. The minimum Gasteiger partial charge on any atom is -0.265 e. The van der Waals surface area contributed by atoms with E-state index < -0.39 is 0 Å². The Morgan fingerprint density at radius 1 is 1.33 bits per heavy atom. The van der Waals surface area contributed by atoms with Crippen molar-refractivity contribution in [2.45, 2.75) is 0 Å². The van der Waals surface area contributed by atoms with Gasteiger partial charge in [-0.2, -0.15) is 5.26 Å². The zero-order valence-electron chi connectivity index (χ0n) is 6.77. The summed E-state index contributed by atoms with van der Waals surface area (Å²) in [5.74, 6) is 0. The lowest BCUT2D eigenvalue weighted by molar-refractivity contribution is 1.32. The van der Waals surface area contributed by atoms with Gasteiger partial charge in [-0.3, -0.25) is 4.98 Å². The largest absolute Gasteiger partial charge is 0.265 e. The molecule has 0 aliphatic heterocycles. The average molecular weight is 158 g/mol. The smallest absolute Gasteiger partial charge is 0.0905 e. The molecule has 0 fully saturated rings. The van der Waals surface area contributed by atoms with Crippen LogP contribution in [0.1, 0.15) is 5.56 Å². The topological polar surface area (TPSA) is 36.7 Å². The third kappa shape index (κ3) is 4.95. The molecule has 60 valence electrons. The van der Waals surface area contributed by atoms with Gasteiger partial charge in [0.25, 0.3) is 0 Å². The molecule has 1 aromatic rings. The molecule has 2 nitrogen and oxygen atoms in total. The van der Waals surface area contributed by atoms with Gasteiger partial charge in [0.1, 0.15) is 0 Å². The molecule has 0 unspecified atom stereocenters. The Morgan fingerprint density at radius 2 is 1.83 bits per heavy atom. The molecule has 1 aromatic heterocycles. The summed E-state index contributed by atoms with van der Waals surface area (Å²) < 4.78 is 0. The Hall–Kier alpha value is -1.88. The van der Waals surface area contributed by atoms with Crippen LogP contribution in [0.2, 0.25) is 0 Å². The van der Waals surface area contributed by atoms with E-state index >= 15 is 0 Å². The molecular weight excluding hydrogens is 148 g/mol. The highest BCUT2D eigenvalue weighted by Gasteiger charge is 1.76. The summed E-state index contributed by atoms with van der Waals surface area (Å²) in [7, 11) is 0. The van der Waals surface area contributed by atoms with Crippen LogP contribution in [0.25, 0.3) is 6.08 Å². The Balaban J connectivity index is 0.000000261. The van der Waals surface area contributed by atoms with E-state index in [4.69, 9.17) is 5.26 Å². The Bertz CT molecular complexity index is 270. The van der Waals surface area contributed by atoms with Crippen molar-refractivity contribution in [2.75, 3.05) is 0 Å². The molecule has 0 spiro atoms. The molecule has 2 heteroatoms. The maximum Gasteiger partial charge on any atom is 0.0905 e. The van der Waals surface area contributed by atoms with Gasteiger partial charge in [-0.1, -0.05) is 19.2 Å². The lowest BCUT2D eigenvalue weighted by Crippen LogP contribution is -1.69. The second kappa shape index (κ2) is 7.23. The fourth-order valence-corrected chi connectivity index (χ4v) is 0.500. The van der Waals surface area contributed by atoms with E-state index in [2.05, 4.69) is 18.1 Å². The maximum absolute atomic E-state index is 7.51. The van der Waals surface area contributed by atoms with E-state index in [1.807, 2.05) is 12.1 Å². The minimum atomic E-state index is 1.11. The second-order valence-corrected chi connectivity index (χ2v) is 1.82. The monoisotopic (exact) mass is 158 g/mol. The lowest BCUT2D eigenvalue weighted by atomic mass is 10.3. The number of hydrogen-bond acceptors (Lipinski definition) is 2. The third-order valence-corrected chi connectivity index (χ3v) is 1.03. The Morgan fingerprint density at radius 3 is 2.08 bits per heavy atom. The van der Waals surface area contributed by atoms with Gasteiger partial charge < -0.3 is 0 Å². The van der Waals surface area contributed by atoms with Crippen LogP contribution in [0.4, 0.5) is 0 Å². The first-order chi connectivity index (χ1) is 5.85. The molecule has 0 amide bonds. The zero-order chi connectivity index (χ0) is 9.23. The molecule has 0 saturated carbocycles. The van der Waals surface area contributed by atoms with Crippen molar-refractivity contribution in [1.29, 1.82) is 5.26 Å². The van der Waals surface area contributed by atoms with E-state index in [0.29, 0.717) is 0 Å². The SMILES string of the molecule is C=CC#N.C=Cc1ccncc1. The predicted octanol–water partition coefficient (Wildman–Crippen LogP) is 2.42.